The second kappa shape index (κ2) is 5.83. The van der Waals surface area contributed by atoms with Crippen molar-refractivity contribution >= 4 is 15.9 Å². The maximum atomic E-state index is 3.58. The molecule has 0 unspecified atom stereocenters. The predicted molar refractivity (Wildman–Crippen MR) is 77.3 cm³/mol. The molecule has 0 saturated heterocycles. The van der Waals surface area contributed by atoms with E-state index in [9.17, 15) is 0 Å². The van der Waals surface area contributed by atoms with Crippen LogP contribution in [0.4, 0.5) is 0 Å². The summed E-state index contributed by atoms with van der Waals surface area (Å²) in [5.74, 6) is 0.747. The van der Waals surface area contributed by atoms with Gasteiger partial charge < -0.3 is 5.32 Å². The van der Waals surface area contributed by atoms with Gasteiger partial charge in [0, 0.05) is 17.1 Å². The molecular weight excluding hydrogens is 274 g/mol. The Hall–Kier alpha value is -0.600. The molecule has 0 aromatic heterocycles. The number of rotatable bonds is 4. The third kappa shape index (κ3) is 3.68. The van der Waals surface area contributed by atoms with Gasteiger partial charge in [0.25, 0.3) is 0 Å². The monoisotopic (exact) mass is 293 g/mol. The van der Waals surface area contributed by atoms with E-state index in [1.54, 1.807) is 0 Å². The maximum Gasteiger partial charge on any atom is 0.0178 e. The fraction of sp³-hybridized carbons (Fsp3) is 0.467. The molecule has 1 N–H and O–H groups in total. The first-order chi connectivity index (χ1) is 8.15. The minimum Gasteiger partial charge on any atom is -0.310 e. The first kappa shape index (κ1) is 12.8. The molecule has 0 atom stereocenters. The molecule has 0 aliphatic heterocycles. The van der Waals surface area contributed by atoms with Gasteiger partial charge in [0.15, 0.2) is 0 Å². The van der Waals surface area contributed by atoms with E-state index in [-0.39, 0.29) is 0 Å². The van der Waals surface area contributed by atoms with Crippen molar-refractivity contribution in [2.24, 2.45) is 0 Å². The van der Waals surface area contributed by atoms with Crippen LogP contribution in [0.1, 0.15) is 38.2 Å². The molecule has 0 amide bonds. The van der Waals surface area contributed by atoms with E-state index in [2.05, 4.69) is 65.4 Å². The van der Waals surface area contributed by atoms with Crippen LogP contribution in [0, 0.1) is 0 Å². The van der Waals surface area contributed by atoms with Crippen LogP contribution in [0.15, 0.2) is 40.4 Å². The molecule has 2 rings (SSSR count). The van der Waals surface area contributed by atoms with Crippen LogP contribution in [-0.4, -0.2) is 12.6 Å². The molecule has 92 valence electrons. The fourth-order valence-corrected chi connectivity index (χ4v) is 2.66. The van der Waals surface area contributed by atoms with Crippen molar-refractivity contribution in [3.63, 3.8) is 0 Å². The summed E-state index contributed by atoms with van der Waals surface area (Å²) in [6, 6.07) is 9.41. The number of benzene rings is 1. The van der Waals surface area contributed by atoms with Crippen molar-refractivity contribution in [1.29, 1.82) is 0 Å². The van der Waals surface area contributed by atoms with Crippen molar-refractivity contribution in [1.82, 2.24) is 5.32 Å². The van der Waals surface area contributed by atoms with Gasteiger partial charge >= 0.3 is 0 Å². The highest BCUT2D eigenvalue weighted by atomic mass is 79.9. The Bertz CT molecular complexity index is 401. The summed E-state index contributed by atoms with van der Waals surface area (Å²) in [5, 5.41) is 3.58. The van der Waals surface area contributed by atoms with Gasteiger partial charge in [-0.1, -0.05) is 39.7 Å². The fourth-order valence-electron chi connectivity index (χ4n) is 2.25. The van der Waals surface area contributed by atoms with Crippen LogP contribution in [0.2, 0.25) is 0 Å². The highest BCUT2D eigenvalue weighted by Gasteiger charge is 2.29. The van der Waals surface area contributed by atoms with Crippen molar-refractivity contribution < 1.29 is 0 Å². The Balaban J connectivity index is 1.77. The first-order valence-corrected chi connectivity index (χ1v) is 7.06. The molecule has 1 aromatic carbocycles. The largest absolute Gasteiger partial charge is 0.310 e. The highest BCUT2D eigenvalue weighted by molar-refractivity contribution is 9.10. The topological polar surface area (TPSA) is 12.0 Å². The molecule has 0 spiro atoms. The Morgan fingerprint density at radius 2 is 2.18 bits per heavy atom. The van der Waals surface area contributed by atoms with Gasteiger partial charge in [-0.25, -0.2) is 0 Å². The summed E-state index contributed by atoms with van der Waals surface area (Å²) in [6.07, 6.45) is 4.80. The summed E-state index contributed by atoms with van der Waals surface area (Å²) >= 11 is 3.53. The zero-order valence-corrected chi connectivity index (χ0v) is 12.1. The Morgan fingerprint density at radius 3 is 2.82 bits per heavy atom. The van der Waals surface area contributed by atoms with Crippen molar-refractivity contribution in [2.75, 3.05) is 6.54 Å². The number of allylic oxidation sites excluding steroid dienone is 1. The van der Waals surface area contributed by atoms with Crippen LogP contribution in [-0.2, 0) is 0 Å². The SMILES string of the molecule is CC(C)=CCNC1CC(c2cccc(Br)c2)C1. The van der Waals surface area contributed by atoms with Crippen LogP contribution < -0.4 is 5.32 Å². The minimum atomic E-state index is 0.703. The van der Waals surface area contributed by atoms with Gasteiger partial charge in [0.2, 0.25) is 0 Å². The third-order valence-electron chi connectivity index (χ3n) is 3.37. The van der Waals surface area contributed by atoms with E-state index >= 15 is 0 Å². The molecule has 1 aliphatic carbocycles. The lowest BCUT2D eigenvalue weighted by atomic mass is 9.76. The molecular formula is C15H20BrN. The molecule has 1 fully saturated rings. The zero-order valence-electron chi connectivity index (χ0n) is 10.5. The lowest BCUT2D eigenvalue weighted by Crippen LogP contribution is -2.40. The van der Waals surface area contributed by atoms with Gasteiger partial charge in [-0.3, -0.25) is 0 Å². The minimum absolute atomic E-state index is 0.703. The van der Waals surface area contributed by atoms with Crippen LogP contribution in [0.25, 0.3) is 0 Å². The van der Waals surface area contributed by atoms with E-state index in [4.69, 9.17) is 0 Å². The van der Waals surface area contributed by atoms with E-state index < -0.39 is 0 Å². The average molecular weight is 294 g/mol. The molecule has 1 nitrogen and oxygen atoms in total. The quantitative estimate of drug-likeness (QED) is 0.819. The summed E-state index contributed by atoms with van der Waals surface area (Å²) in [4.78, 5) is 0. The predicted octanol–water partition coefficient (Wildman–Crippen LogP) is 4.25. The smallest absolute Gasteiger partial charge is 0.0178 e. The van der Waals surface area contributed by atoms with Gasteiger partial charge in [0.1, 0.15) is 0 Å². The summed E-state index contributed by atoms with van der Waals surface area (Å²) in [7, 11) is 0. The second-order valence-electron chi connectivity index (χ2n) is 5.11. The van der Waals surface area contributed by atoms with Crippen molar-refractivity contribution in [3.05, 3.63) is 46.0 Å². The number of hydrogen-bond donors (Lipinski definition) is 1. The summed E-state index contributed by atoms with van der Waals surface area (Å²) < 4.78 is 1.19. The maximum absolute atomic E-state index is 3.58. The molecule has 0 bridgehead atoms. The summed E-state index contributed by atoms with van der Waals surface area (Å²) in [5.41, 5.74) is 2.86. The molecule has 2 heteroatoms. The van der Waals surface area contributed by atoms with Gasteiger partial charge in [-0.2, -0.15) is 0 Å². The molecule has 0 heterocycles. The number of nitrogens with one attached hydrogen (secondary N) is 1. The summed E-state index contributed by atoms with van der Waals surface area (Å²) in [6.45, 7) is 5.30. The number of hydrogen-bond acceptors (Lipinski definition) is 1. The highest BCUT2D eigenvalue weighted by Crippen LogP contribution is 2.37. The van der Waals surface area contributed by atoms with Gasteiger partial charge in [-0.15, -0.1) is 0 Å². The molecule has 1 aliphatic rings. The third-order valence-corrected chi connectivity index (χ3v) is 3.87. The van der Waals surface area contributed by atoms with E-state index in [1.807, 2.05) is 0 Å². The van der Waals surface area contributed by atoms with Gasteiger partial charge in [-0.05, 0) is 50.3 Å². The van der Waals surface area contributed by atoms with Crippen molar-refractivity contribution in [3.8, 4) is 0 Å². The van der Waals surface area contributed by atoms with Crippen molar-refractivity contribution in [2.45, 2.75) is 38.6 Å². The lowest BCUT2D eigenvalue weighted by molar-refractivity contribution is 0.299. The molecule has 0 radical (unpaired) electrons. The Morgan fingerprint density at radius 1 is 1.41 bits per heavy atom. The van der Waals surface area contributed by atoms with Crippen LogP contribution >= 0.6 is 15.9 Å². The van der Waals surface area contributed by atoms with Gasteiger partial charge in [0.05, 0.1) is 0 Å². The first-order valence-electron chi connectivity index (χ1n) is 6.27. The van der Waals surface area contributed by atoms with E-state index in [1.165, 1.54) is 28.5 Å². The molecule has 1 saturated carbocycles. The molecule has 1 aromatic rings. The average Bonchev–Trinajstić information content (AvgIpc) is 2.21. The van der Waals surface area contributed by atoms with E-state index in [0.717, 1.165) is 12.5 Å². The number of halogens is 1. The van der Waals surface area contributed by atoms with Crippen LogP contribution in [0.5, 0.6) is 0 Å². The molecule has 17 heavy (non-hydrogen) atoms. The second-order valence-corrected chi connectivity index (χ2v) is 6.03. The zero-order chi connectivity index (χ0) is 12.3. The Labute approximate surface area is 112 Å². The Kier molecular flexibility index (Phi) is 4.41. The van der Waals surface area contributed by atoms with Crippen LogP contribution in [0.3, 0.4) is 0 Å². The van der Waals surface area contributed by atoms with E-state index in [0.29, 0.717) is 6.04 Å². The lowest BCUT2D eigenvalue weighted by Gasteiger charge is -2.36. The normalized spacial score (nSPS) is 23.0. The standard InChI is InChI=1S/C15H20BrN/c1-11(2)6-7-17-15-9-13(10-15)12-4-3-5-14(16)8-12/h3-6,8,13,15,17H,7,9-10H2,1-2H3.